The van der Waals surface area contributed by atoms with E-state index in [1.807, 2.05) is 6.92 Å². The van der Waals surface area contributed by atoms with Gasteiger partial charge in [0.1, 0.15) is 5.75 Å². The monoisotopic (exact) mass is 370 g/mol. The summed E-state index contributed by atoms with van der Waals surface area (Å²) >= 11 is 0. The lowest BCUT2D eigenvalue weighted by Crippen LogP contribution is -2.06. The molecule has 1 atom stereocenters. The van der Waals surface area contributed by atoms with Crippen LogP contribution in [0.15, 0.2) is 29.8 Å². The zero-order valence-corrected chi connectivity index (χ0v) is 16.6. The maximum atomic E-state index is 12.2. The van der Waals surface area contributed by atoms with Gasteiger partial charge in [-0.25, -0.2) is 0 Å². The van der Waals surface area contributed by atoms with E-state index < -0.39 is 12.6 Å². The van der Waals surface area contributed by atoms with Crippen molar-refractivity contribution in [3.63, 3.8) is 0 Å². The molecule has 0 radical (unpaired) electrons. The molecule has 0 aromatic heterocycles. The number of alkyl halides is 3. The zero-order valence-electron chi connectivity index (χ0n) is 16.6. The number of unbranched alkanes of at least 4 members (excludes halogenated alkanes) is 2. The van der Waals surface area contributed by atoms with Gasteiger partial charge < -0.3 is 4.74 Å². The second-order valence-electron chi connectivity index (χ2n) is 7.08. The van der Waals surface area contributed by atoms with Crippen molar-refractivity contribution in [3.05, 3.63) is 41.0 Å². The smallest absolute Gasteiger partial charge is 0.389 e. The highest BCUT2D eigenvalue weighted by atomic mass is 19.4. The molecule has 0 N–H and O–H groups in total. The van der Waals surface area contributed by atoms with E-state index in [4.69, 9.17) is 4.74 Å². The van der Waals surface area contributed by atoms with Gasteiger partial charge in [0, 0.05) is 6.42 Å². The predicted octanol–water partition coefficient (Wildman–Crippen LogP) is 7.60. The highest BCUT2D eigenvalue weighted by Gasteiger charge is 2.25. The van der Waals surface area contributed by atoms with Crippen molar-refractivity contribution in [3.8, 4) is 5.75 Å². The number of hydrogen-bond donors (Lipinski definition) is 0. The van der Waals surface area contributed by atoms with Crippen LogP contribution in [0.4, 0.5) is 13.2 Å². The van der Waals surface area contributed by atoms with E-state index >= 15 is 0 Å². The van der Waals surface area contributed by atoms with E-state index in [1.165, 1.54) is 16.7 Å². The Morgan fingerprint density at radius 1 is 1.15 bits per heavy atom. The largest absolute Gasteiger partial charge is 0.496 e. The highest BCUT2D eigenvalue weighted by molar-refractivity contribution is 5.41. The molecule has 0 spiro atoms. The first kappa shape index (κ1) is 22.6. The summed E-state index contributed by atoms with van der Waals surface area (Å²) in [6.45, 7) is 6.29. The maximum absolute atomic E-state index is 12.2. The minimum Gasteiger partial charge on any atom is -0.496 e. The van der Waals surface area contributed by atoms with Crippen molar-refractivity contribution in [2.45, 2.75) is 84.2 Å². The fraction of sp³-hybridized carbons (Fsp3) is 0.636. The Labute approximate surface area is 156 Å². The molecule has 4 heteroatoms. The van der Waals surface area contributed by atoms with Crippen molar-refractivity contribution in [2.24, 2.45) is 0 Å². The van der Waals surface area contributed by atoms with Gasteiger partial charge in [-0.2, -0.15) is 13.2 Å². The Kier molecular flexibility index (Phi) is 9.82. The molecular formula is C22H33F3O. The third-order valence-corrected chi connectivity index (χ3v) is 4.89. The third-order valence-electron chi connectivity index (χ3n) is 4.89. The SMILES string of the molecule is C/C=C(\C)Cc1ccc(C(CCC)CCCCCC(F)(F)F)cc1OC. The van der Waals surface area contributed by atoms with E-state index in [0.29, 0.717) is 12.3 Å². The first-order valence-corrected chi connectivity index (χ1v) is 9.66. The summed E-state index contributed by atoms with van der Waals surface area (Å²) in [7, 11) is 1.69. The van der Waals surface area contributed by atoms with Crippen molar-refractivity contribution in [1.82, 2.24) is 0 Å². The van der Waals surface area contributed by atoms with Crippen molar-refractivity contribution in [1.29, 1.82) is 0 Å². The van der Waals surface area contributed by atoms with Crippen LogP contribution in [0.5, 0.6) is 5.75 Å². The molecule has 0 heterocycles. The first-order valence-electron chi connectivity index (χ1n) is 9.66. The van der Waals surface area contributed by atoms with Gasteiger partial charge in [-0.15, -0.1) is 0 Å². The molecule has 1 rings (SSSR count). The summed E-state index contributed by atoms with van der Waals surface area (Å²) in [4.78, 5) is 0. The molecule has 1 nitrogen and oxygen atoms in total. The van der Waals surface area contributed by atoms with Crippen molar-refractivity contribution >= 4 is 0 Å². The van der Waals surface area contributed by atoms with Gasteiger partial charge in [-0.1, -0.05) is 50.0 Å². The fourth-order valence-electron chi connectivity index (χ4n) is 3.28. The van der Waals surface area contributed by atoms with Gasteiger partial charge in [0.25, 0.3) is 0 Å². The maximum Gasteiger partial charge on any atom is 0.389 e. The molecule has 148 valence electrons. The topological polar surface area (TPSA) is 9.23 Å². The normalized spacial score (nSPS) is 13.7. The molecule has 0 fully saturated rings. The van der Waals surface area contributed by atoms with E-state index in [2.05, 4.69) is 38.1 Å². The van der Waals surface area contributed by atoms with Crippen LogP contribution in [-0.4, -0.2) is 13.3 Å². The third kappa shape index (κ3) is 8.29. The standard InChI is InChI=1S/C22H33F3O/c1-5-10-18(11-8-7-9-14-22(23,24)25)19-12-13-20(15-17(3)6-2)21(16-19)26-4/h6,12-13,16,18H,5,7-11,14-15H2,1-4H3/b17-6+. The molecule has 0 bridgehead atoms. The molecule has 1 aromatic rings. The summed E-state index contributed by atoms with van der Waals surface area (Å²) in [5.74, 6) is 1.29. The predicted molar refractivity (Wildman–Crippen MR) is 103 cm³/mol. The second kappa shape index (κ2) is 11.3. The van der Waals surface area contributed by atoms with Crippen LogP contribution in [-0.2, 0) is 6.42 Å². The van der Waals surface area contributed by atoms with Crippen LogP contribution in [0.25, 0.3) is 0 Å². The van der Waals surface area contributed by atoms with Gasteiger partial charge in [0.05, 0.1) is 7.11 Å². The number of ether oxygens (including phenoxy) is 1. The van der Waals surface area contributed by atoms with Crippen LogP contribution < -0.4 is 4.74 Å². The zero-order chi connectivity index (χ0) is 19.6. The number of hydrogen-bond acceptors (Lipinski definition) is 1. The van der Waals surface area contributed by atoms with Gasteiger partial charge in [0.15, 0.2) is 0 Å². The number of methoxy groups -OCH3 is 1. The average molecular weight is 370 g/mol. The van der Waals surface area contributed by atoms with Crippen LogP contribution >= 0.6 is 0 Å². The molecule has 0 saturated carbocycles. The number of halogens is 3. The lowest BCUT2D eigenvalue weighted by molar-refractivity contribution is -0.135. The van der Waals surface area contributed by atoms with Crippen LogP contribution in [0.2, 0.25) is 0 Å². The Balaban J connectivity index is 2.73. The van der Waals surface area contributed by atoms with E-state index in [-0.39, 0.29) is 6.42 Å². The van der Waals surface area contributed by atoms with Gasteiger partial charge in [0.2, 0.25) is 0 Å². The minimum atomic E-state index is -4.03. The highest BCUT2D eigenvalue weighted by Crippen LogP contribution is 2.33. The second-order valence-corrected chi connectivity index (χ2v) is 7.08. The summed E-state index contributed by atoms with van der Waals surface area (Å²) < 4.78 is 42.3. The Hall–Kier alpha value is -1.45. The van der Waals surface area contributed by atoms with Gasteiger partial charge >= 0.3 is 6.18 Å². The summed E-state index contributed by atoms with van der Waals surface area (Å²) in [5, 5.41) is 0. The molecule has 0 aliphatic carbocycles. The molecule has 0 amide bonds. The van der Waals surface area contributed by atoms with E-state index in [0.717, 1.165) is 37.9 Å². The van der Waals surface area contributed by atoms with Crippen LogP contribution in [0, 0.1) is 0 Å². The fourth-order valence-corrected chi connectivity index (χ4v) is 3.28. The summed E-state index contributed by atoms with van der Waals surface area (Å²) in [6, 6.07) is 6.42. The quantitative estimate of drug-likeness (QED) is 0.288. The lowest BCUT2D eigenvalue weighted by Gasteiger charge is -2.19. The van der Waals surface area contributed by atoms with Crippen molar-refractivity contribution < 1.29 is 17.9 Å². The molecular weight excluding hydrogens is 337 g/mol. The number of rotatable bonds is 11. The molecule has 1 aromatic carbocycles. The number of allylic oxidation sites excluding steroid dienone is 2. The molecule has 0 aliphatic rings. The van der Waals surface area contributed by atoms with Gasteiger partial charge in [-0.05, 0) is 62.6 Å². The summed E-state index contributed by atoms with van der Waals surface area (Å²) in [5.41, 5.74) is 3.71. The van der Waals surface area contributed by atoms with Crippen LogP contribution in [0.3, 0.4) is 0 Å². The van der Waals surface area contributed by atoms with E-state index in [9.17, 15) is 13.2 Å². The first-order chi connectivity index (χ1) is 12.3. The Morgan fingerprint density at radius 2 is 1.88 bits per heavy atom. The van der Waals surface area contributed by atoms with E-state index in [1.54, 1.807) is 7.11 Å². The molecule has 1 unspecified atom stereocenters. The Bertz CT molecular complexity index is 561. The minimum absolute atomic E-state index is 0.229. The molecule has 26 heavy (non-hydrogen) atoms. The lowest BCUT2D eigenvalue weighted by atomic mass is 9.88. The summed E-state index contributed by atoms with van der Waals surface area (Å²) in [6.07, 6.45) is 3.03. The molecule has 0 aliphatic heterocycles. The van der Waals surface area contributed by atoms with Crippen molar-refractivity contribution in [2.75, 3.05) is 7.11 Å². The Morgan fingerprint density at radius 3 is 2.46 bits per heavy atom. The number of benzene rings is 1. The van der Waals surface area contributed by atoms with Gasteiger partial charge in [-0.3, -0.25) is 0 Å². The molecule has 0 saturated heterocycles. The van der Waals surface area contributed by atoms with Crippen LogP contribution in [0.1, 0.15) is 82.8 Å². The average Bonchev–Trinajstić information content (AvgIpc) is 2.59.